The smallest absolute Gasteiger partial charge is 0.145 e. The van der Waals surface area contributed by atoms with Crippen LogP contribution in [0.5, 0.6) is 0 Å². The van der Waals surface area contributed by atoms with E-state index < -0.39 is 0 Å². The fourth-order valence-corrected chi connectivity index (χ4v) is 2.45. The van der Waals surface area contributed by atoms with Crippen LogP contribution in [-0.2, 0) is 0 Å². The summed E-state index contributed by atoms with van der Waals surface area (Å²) < 4.78 is 0. The summed E-state index contributed by atoms with van der Waals surface area (Å²) in [4.78, 5) is 17.4. The first kappa shape index (κ1) is 14.4. The van der Waals surface area contributed by atoms with Crippen molar-refractivity contribution >= 4 is 23.7 Å². The lowest BCUT2D eigenvalue weighted by Gasteiger charge is -2.34. The van der Waals surface area contributed by atoms with Gasteiger partial charge >= 0.3 is 0 Å². The lowest BCUT2D eigenvalue weighted by molar-refractivity contribution is 0.312. The third kappa shape index (κ3) is 3.04. The molecule has 0 aliphatic carbocycles. The number of piperazine rings is 1. The quantitative estimate of drug-likeness (QED) is 0.830. The minimum Gasteiger partial charge on any atom is -0.353 e. The summed E-state index contributed by atoms with van der Waals surface area (Å²) in [5, 5.41) is 10.9. The van der Waals surface area contributed by atoms with Crippen LogP contribution in [0.4, 0.5) is 17.5 Å². The second kappa shape index (κ2) is 6.48. The van der Waals surface area contributed by atoms with Crippen LogP contribution in [0.15, 0.2) is 30.7 Å². The van der Waals surface area contributed by atoms with Crippen LogP contribution in [0.2, 0.25) is 0 Å². The Kier molecular flexibility index (Phi) is 4.24. The first-order valence-corrected chi connectivity index (χ1v) is 7.25. The number of nitrogens with one attached hydrogen (secondary N) is 2. The molecular formula is C15H19N7. The van der Waals surface area contributed by atoms with E-state index in [0.29, 0.717) is 17.2 Å². The minimum atomic E-state index is 0.609. The van der Waals surface area contributed by atoms with Gasteiger partial charge in [-0.2, -0.15) is 0 Å². The summed E-state index contributed by atoms with van der Waals surface area (Å²) in [7, 11) is 2.11. The second-order valence-electron chi connectivity index (χ2n) is 5.23. The minimum absolute atomic E-state index is 0.609. The molecule has 0 radical (unpaired) electrons. The Hall–Kier alpha value is -2.54. The van der Waals surface area contributed by atoms with Crippen molar-refractivity contribution in [2.24, 2.45) is 0 Å². The molecule has 0 unspecified atom stereocenters. The van der Waals surface area contributed by atoms with Crippen LogP contribution < -0.4 is 10.2 Å². The van der Waals surface area contributed by atoms with Crippen molar-refractivity contribution in [1.82, 2.24) is 19.9 Å². The van der Waals surface area contributed by atoms with Crippen molar-refractivity contribution in [2.45, 2.75) is 0 Å². The zero-order chi connectivity index (χ0) is 15.4. The summed E-state index contributed by atoms with van der Waals surface area (Å²) in [5.41, 5.74) is 0.692. The predicted molar refractivity (Wildman–Crippen MR) is 87.1 cm³/mol. The van der Waals surface area contributed by atoms with Gasteiger partial charge in [-0.25, -0.2) is 15.0 Å². The van der Waals surface area contributed by atoms with E-state index in [9.17, 15) is 0 Å². The molecule has 114 valence electrons. The molecule has 3 rings (SSSR count). The Bertz CT molecular complexity index is 636. The topological polar surface area (TPSA) is 81.0 Å². The highest BCUT2D eigenvalue weighted by atomic mass is 15.3. The van der Waals surface area contributed by atoms with Crippen molar-refractivity contribution in [3.63, 3.8) is 0 Å². The number of likely N-dealkylation sites (N-methyl/N-ethyl adjacent to an activating group) is 1. The van der Waals surface area contributed by atoms with Crippen molar-refractivity contribution in [2.75, 3.05) is 43.4 Å². The highest BCUT2D eigenvalue weighted by Crippen LogP contribution is 2.24. The maximum absolute atomic E-state index is 7.75. The molecule has 3 heterocycles. The Morgan fingerprint density at radius 3 is 2.64 bits per heavy atom. The molecule has 0 amide bonds. The molecule has 2 aromatic rings. The molecule has 2 N–H and O–H groups in total. The van der Waals surface area contributed by atoms with Gasteiger partial charge in [0.2, 0.25) is 0 Å². The van der Waals surface area contributed by atoms with E-state index >= 15 is 0 Å². The Morgan fingerprint density at radius 2 is 1.95 bits per heavy atom. The molecular weight excluding hydrogens is 278 g/mol. The van der Waals surface area contributed by atoms with Crippen molar-refractivity contribution in [3.05, 3.63) is 36.3 Å². The SMILES string of the molecule is CN1CCN(c2ncnc(Nc3ccccn3)c2C=N)CC1. The molecule has 2 aromatic heterocycles. The molecule has 7 heteroatoms. The summed E-state index contributed by atoms with van der Waals surface area (Å²) in [5.74, 6) is 2.11. The van der Waals surface area contributed by atoms with Gasteiger partial charge in [-0.15, -0.1) is 0 Å². The lowest BCUT2D eigenvalue weighted by atomic mass is 10.2. The number of rotatable bonds is 4. The van der Waals surface area contributed by atoms with Crippen molar-refractivity contribution < 1.29 is 0 Å². The van der Waals surface area contributed by atoms with E-state index in [4.69, 9.17) is 5.41 Å². The third-order valence-electron chi connectivity index (χ3n) is 3.72. The number of hydrogen-bond acceptors (Lipinski definition) is 7. The molecule has 0 atom stereocenters. The largest absolute Gasteiger partial charge is 0.353 e. The van der Waals surface area contributed by atoms with E-state index in [-0.39, 0.29) is 0 Å². The molecule has 0 aromatic carbocycles. The zero-order valence-electron chi connectivity index (χ0n) is 12.5. The van der Waals surface area contributed by atoms with Gasteiger partial charge in [-0.05, 0) is 19.2 Å². The van der Waals surface area contributed by atoms with Gasteiger partial charge in [0, 0.05) is 38.6 Å². The third-order valence-corrected chi connectivity index (χ3v) is 3.72. The Labute approximate surface area is 129 Å². The zero-order valence-corrected chi connectivity index (χ0v) is 12.5. The average Bonchev–Trinajstić information content (AvgIpc) is 2.56. The molecule has 1 aliphatic heterocycles. The van der Waals surface area contributed by atoms with E-state index in [1.165, 1.54) is 12.5 Å². The second-order valence-corrected chi connectivity index (χ2v) is 5.23. The summed E-state index contributed by atoms with van der Waals surface area (Å²) in [6.45, 7) is 3.78. The van der Waals surface area contributed by atoms with Gasteiger partial charge in [0.05, 0.1) is 5.56 Å². The average molecular weight is 297 g/mol. The van der Waals surface area contributed by atoms with E-state index in [0.717, 1.165) is 32.0 Å². The maximum Gasteiger partial charge on any atom is 0.145 e. The predicted octanol–water partition coefficient (Wildman–Crippen LogP) is 1.36. The lowest BCUT2D eigenvalue weighted by Crippen LogP contribution is -2.45. The molecule has 1 fully saturated rings. The standard InChI is InChI=1S/C15H19N7/c1-21-6-8-22(9-7-21)15-12(10-16)14(18-11-19-15)20-13-4-2-3-5-17-13/h2-5,10-11,16H,6-9H2,1H3,(H,17,18,19,20). The van der Waals surface area contributed by atoms with E-state index in [2.05, 4.69) is 37.1 Å². The fraction of sp³-hybridized carbons (Fsp3) is 0.333. The molecule has 7 nitrogen and oxygen atoms in total. The summed E-state index contributed by atoms with van der Waals surface area (Å²) >= 11 is 0. The Balaban J connectivity index is 1.88. The molecule has 0 spiro atoms. The highest BCUT2D eigenvalue weighted by molar-refractivity contribution is 5.91. The highest BCUT2D eigenvalue weighted by Gasteiger charge is 2.20. The van der Waals surface area contributed by atoms with Crippen LogP contribution in [-0.4, -0.2) is 59.3 Å². The summed E-state index contributed by atoms with van der Waals surface area (Å²) in [6, 6.07) is 5.63. The number of aromatic nitrogens is 3. The molecule has 1 saturated heterocycles. The van der Waals surface area contributed by atoms with Gasteiger partial charge in [-0.3, -0.25) is 0 Å². The Morgan fingerprint density at radius 1 is 1.14 bits per heavy atom. The van der Waals surface area contributed by atoms with Gasteiger partial charge in [0.15, 0.2) is 0 Å². The molecule has 22 heavy (non-hydrogen) atoms. The molecule has 0 saturated carbocycles. The van der Waals surface area contributed by atoms with Crippen molar-refractivity contribution in [1.29, 1.82) is 5.41 Å². The van der Waals surface area contributed by atoms with Gasteiger partial charge < -0.3 is 20.5 Å². The monoisotopic (exact) mass is 297 g/mol. The van der Waals surface area contributed by atoms with Gasteiger partial charge in [0.25, 0.3) is 0 Å². The van der Waals surface area contributed by atoms with E-state index in [1.807, 2.05) is 18.2 Å². The van der Waals surface area contributed by atoms with Crippen LogP contribution in [0, 0.1) is 5.41 Å². The number of pyridine rings is 1. The van der Waals surface area contributed by atoms with Gasteiger partial charge in [0.1, 0.15) is 23.8 Å². The maximum atomic E-state index is 7.75. The number of anilines is 3. The van der Waals surface area contributed by atoms with Gasteiger partial charge in [-0.1, -0.05) is 6.07 Å². The van der Waals surface area contributed by atoms with Crippen molar-refractivity contribution in [3.8, 4) is 0 Å². The summed E-state index contributed by atoms with van der Waals surface area (Å²) in [6.07, 6.45) is 4.56. The first-order chi connectivity index (χ1) is 10.8. The van der Waals surface area contributed by atoms with Crippen LogP contribution in [0.3, 0.4) is 0 Å². The van der Waals surface area contributed by atoms with Crippen LogP contribution in [0.25, 0.3) is 0 Å². The van der Waals surface area contributed by atoms with E-state index in [1.54, 1.807) is 6.20 Å². The van der Waals surface area contributed by atoms with Crippen LogP contribution >= 0.6 is 0 Å². The van der Waals surface area contributed by atoms with Crippen LogP contribution in [0.1, 0.15) is 5.56 Å². The number of hydrogen-bond donors (Lipinski definition) is 2. The number of nitrogens with zero attached hydrogens (tertiary/aromatic N) is 5. The normalized spacial score (nSPS) is 15.6. The first-order valence-electron chi connectivity index (χ1n) is 7.25. The molecule has 1 aliphatic rings. The fourth-order valence-electron chi connectivity index (χ4n) is 2.45. The molecule has 0 bridgehead atoms.